The van der Waals surface area contributed by atoms with Gasteiger partial charge in [-0.3, -0.25) is 19.4 Å². The van der Waals surface area contributed by atoms with E-state index in [2.05, 4.69) is 25.8 Å². The van der Waals surface area contributed by atoms with Gasteiger partial charge in [0.25, 0.3) is 0 Å². The van der Waals surface area contributed by atoms with Gasteiger partial charge in [0.2, 0.25) is 17.7 Å². The van der Waals surface area contributed by atoms with Crippen LogP contribution in [-0.4, -0.2) is 91.9 Å². The Hall–Kier alpha value is -7.42. The van der Waals surface area contributed by atoms with Gasteiger partial charge in [-0.15, -0.1) is 11.3 Å². The SMILES string of the molecule is Cc1cc(C(C(=O)N2C[C@H](O)C[C@H]2C(=O)N[C@@H](CC(=O)NCCCOc2ccc(-c3ncc(N4C(=S)N(c5ccc(C#N)c(C(F)(F)F)c5F)CC4(C)C)cc3F)cc2F)c2ccc(-c3scnc3C)cc2)C(C)C)on1. The molecule has 2 aliphatic rings. The standard InChI is InChI=1S/C54H53F6N9O6S2/c1-28(2)45(43-18-29(3)66-75-43)51(73)67-25-36(70)21-41(67)50(72)65-39(31-8-10-32(11-9-31)49-30(4)64-27-77-49)22-44(71)62-16-7-17-74-42-15-13-33(19-37(42)55)48-38(56)20-35(24-63-48)69-52(76)68(26-53(69,5)6)40-14-12-34(23-61)46(47(40)57)54(58,59)60/h8-15,18-20,24,27-28,36,39,41,45,70H,7,16-17,21-22,25-26H2,1-6H3,(H,62,71)(H,65,72)/t36-,39+,41+,45?/m1/s1. The first-order chi connectivity index (χ1) is 36.5. The molecule has 3 aromatic carbocycles. The van der Waals surface area contributed by atoms with Crippen LogP contribution >= 0.6 is 23.6 Å². The molecule has 1 unspecified atom stereocenters. The van der Waals surface area contributed by atoms with Crippen molar-refractivity contribution >= 4 is 57.8 Å². The zero-order valence-corrected chi connectivity index (χ0v) is 44.2. The van der Waals surface area contributed by atoms with Crippen LogP contribution < -0.4 is 25.2 Å². The number of aromatic nitrogens is 3. The molecule has 3 aromatic heterocycles. The van der Waals surface area contributed by atoms with E-state index in [-0.39, 0.29) is 79.2 Å². The minimum atomic E-state index is -5.17. The lowest BCUT2D eigenvalue weighted by molar-refractivity contribution is -0.141. The molecule has 2 fully saturated rings. The minimum Gasteiger partial charge on any atom is -0.490 e. The highest BCUT2D eigenvalue weighted by Gasteiger charge is 2.47. The van der Waals surface area contributed by atoms with Crippen LogP contribution in [0.2, 0.25) is 0 Å². The van der Waals surface area contributed by atoms with E-state index in [1.165, 1.54) is 45.5 Å². The molecule has 6 aromatic rings. The number of aliphatic hydroxyl groups excluding tert-OH is 1. The molecular weight excluding hydrogens is 1050 g/mol. The van der Waals surface area contributed by atoms with Crippen molar-refractivity contribution < 1.29 is 55.1 Å². The summed E-state index contributed by atoms with van der Waals surface area (Å²) in [6.45, 7) is 10.6. The fourth-order valence-corrected chi connectivity index (χ4v) is 11.0. The van der Waals surface area contributed by atoms with Crippen LogP contribution in [0, 0.1) is 48.5 Å². The molecule has 0 radical (unpaired) electrons. The largest absolute Gasteiger partial charge is 0.490 e. The van der Waals surface area contributed by atoms with Crippen LogP contribution in [0.3, 0.4) is 0 Å². The average Bonchev–Trinajstić information content (AvgIpc) is 4.32. The molecule has 77 heavy (non-hydrogen) atoms. The van der Waals surface area contributed by atoms with Crippen molar-refractivity contribution in [1.29, 1.82) is 5.26 Å². The number of carbonyl (C=O) groups is 3. The number of aliphatic hydroxyl groups is 1. The first-order valence-corrected chi connectivity index (χ1v) is 25.7. The van der Waals surface area contributed by atoms with E-state index in [1.54, 1.807) is 44.5 Å². The number of nitrogens with zero attached hydrogens (tertiary/aromatic N) is 7. The zero-order chi connectivity index (χ0) is 55.7. The highest BCUT2D eigenvalue weighted by Crippen LogP contribution is 2.42. The van der Waals surface area contributed by atoms with Gasteiger partial charge < -0.3 is 39.7 Å². The van der Waals surface area contributed by atoms with Crippen molar-refractivity contribution in [2.75, 3.05) is 36.0 Å². The highest BCUT2D eigenvalue weighted by atomic mass is 32.1. The van der Waals surface area contributed by atoms with Crippen molar-refractivity contribution in [3.63, 3.8) is 0 Å². The van der Waals surface area contributed by atoms with E-state index in [0.717, 1.165) is 45.3 Å². The number of thiocarbonyl (C=S) groups is 1. The number of benzene rings is 3. The predicted molar refractivity (Wildman–Crippen MR) is 278 cm³/mol. The number of aryl methyl sites for hydroxylation is 2. The van der Waals surface area contributed by atoms with Crippen LogP contribution in [0.25, 0.3) is 21.7 Å². The topological polar surface area (TPSA) is 190 Å². The number of thiazole rings is 1. The molecule has 0 saturated carbocycles. The lowest BCUT2D eigenvalue weighted by atomic mass is 9.91. The lowest BCUT2D eigenvalue weighted by Gasteiger charge is -2.31. The van der Waals surface area contributed by atoms with Crippen LogP contribution in [0.4, 0.5) is 37.7 Å². The summed E-state index contributed by atoms with van der Waals surface area (Å²) in [5, 5.41) is 29.6. The van der Waals surface area contributed by atoms with Gasteiger partial charge in [-0.1, -0.05) is 43.3 Å². The van der Waals surface area contributed by atoms with Crippen LogP contribution in [0.15, 0.2) is 83.0 Å². The van der Waals surface area contributed by atoms with Crippen LogP contribution in [0.5, 0.6) is 5.75 Å². The Kier molecular flexibility index (Phi) is 16.4. The molecule has 0 bridgehead atoms. The number of hydrogen-bond acceptors (Lipinski definition) is 12. The average molecular weight is 1100 g/mol. The Morgan fingerprint density at radius 3 is 2.36 bits per heavy atom. The second-order valence-electron chi connectivity index (χ2n) is 19.8. The molecule has 23 heteroatoms. The third-order valence-electron chi connectivity index (χ3n) is 13.4. The number of rotatable bonds is 17. The number of hydrogen-bond donors (Lipinski definition) is 3. The van der Waals surface area contributed by atoms with Gasteiger partial charge in [0.05, 0.1) is 81.7 Å². The molecule has 2 aliphatic heterocycles. The number of alkyl halides is 3. The monoisotopic (exact) mass is 1100 g/mol. The smallest absolute Gasteiger partial charge is 0.420 e. The summed E-state index contributed by atoms with van der Waals surface area (Å²) in [5.74, 6) is -5.58. The highest BCUT2D eigenvalue weighted by molar-refractivity contribution is 7.80. The van der Waals surface area contributed by atoms with Gasteiger partial charge in [0.1, 0.15) is 29.0 Å². The third kappa shape index (κ3) is 11.9. The molecular formula is C54H53F6N9O6S2. The van der Waals surface area contributed by atoms with E-state index >= 15 is 13.2 Å². The van der Waals surface area contributed by atoms with Crippen molar-refractivity contribution in [3.05, 3.63) is 130 Å². The molecule has 0 spiro atoms. The molecule has 5 heterocycles. The van der Waals surface area contributed by atoms with Crippen molar-refractivity contribution in [2.45, 2.75) is 96.6 Å². The first kappa shape index (κ1) is 55.8. The summed E-state index contributed by atoms with van der Waals surface area (Å²) < 4.78 is 99.4. The summed E-state index contributed by atoms with van der Waals surface area (Å²) >= 11 is 7.06. The number of halogens is 6. The van der Waals surface area contributed by atoms with Crippen molar-refractivity contribution in [1.82, 2.24) is 30.7 Å². The quantitative estimate of drug-likeness (QED) is 0.0445. The van der Waals surface area contributed by atoms with E-state index in [0.29, 0.717) is 17.0 Å². The lowest BCUT2D eigenvalue weighted by Crippen LogP contribution is -2.49. The molecule has 15 nitrogen and oxygen atoms in total. The van der Waals surface area contributed by atoms with Crippen LogP contribution in [0.1, 0.15) is 92.8 Å². The summed E-state index contributed by atoms with van der Waals surface area (Å²) in [4.78, 5) is 55.2. The summed E-state index contributed by atoms with van der Waals surface area (Å²) in [7, 11) is 0. The van der Waals surface area contributed by atoms with E-state index in [1.807, 2.05) is 32.9 Å². The predicted octanol–water partition coefficient (Wildman–Crippen LogP) is 9.71. The Bertz CT molecular complexity index is 3250. The van der Waals surface area contributed by atoms with Gasteiger partial charge in [0, 0.05) is 43.8 Å². The van der Waals surface area contributed by atoms with Gasteiger partial charge in [0.15, 0.2) is 28.3 Å². The maximum absolute atomic E-state index is 15.9. The number of β-amino-alcohol motifs (C(OH)–C–C–N with tert-alkyl or cyclic N) is 1. The maximum atomic E-state index is 15.9. The number of pyridine rings is 1. The Labute approximate surface area is 448 Å². The first-order valence-electron chi connectivity index (χ1n) is 24.5. The Morgan fingerprint density at radius 2 is 1.74 bits per heavy atom. The normalized spacial score (nSPS) is 17.2. The van der Waals surface area contributed by atoms with Crippen molar-refractivity contribution in [2.24, 2.45) is 5.92 Å². The molecule has 3 N–H and O–H groups in total. The number of anilines is 2. The van der Waals surface area contributed by atoms with Gasteiger partial charge in [-0.05, 0) is 93.7 Å². The Morgan fingerprint density at radius 1 is 1.01 bits per heavy atom. The molecule has 404 valence electrons. The second-order valence-corrected chi connectivity index (χ2v) is 21.0. The summed E-state index contributed by atoms with van der Waals surface area (Å²) in [5.41, 5.74) is 0.455. The molecule has 8 rings (SSSR count). The van der Waals surface area contributed by atoms with E-state index in [9.17, 15) is 37.9 Å². The fraction of sp³-hybridized carbons (Fsp3) is 0.370. The number of amides is 3. The number of likely N-dealkylation sites (tertiary alicyclic amines) is 1. The molecule has 3 amide bonds. The Balaban J connectivity index is 0.891. The second kappa shape index (κ2) is 22.7. The summed E-state index contributed by atoms with van der Waals surface area (Å²) in [6.07, 6.45) is -4.87. The molecule has 0 aliphatic carbocycles. The van der Waals surface area contributed by atoms with Crippen LogP contribution in [-0.2, 0) is 20.6 Å². The van der Waals surface area contributed by atoms with E-state index in [4.69, 9.17) is 21.5 Å². The minimum absolute atomic E-state index is 0.0190. The van der Waals surface area contributed by atoms with Crippen molar-refractivity contribution in [3.8, 4) is 33.5 Å². The maximum Gasteiger partial charge on any atom is 0.420 e. The number of nitriles is 1. The van der Waals surface area contributed by atoms with Gasteiger partial charge in [-0.25, -0.2) is 18.2 Å². The van der Waals surface area contributed by atoms with Gasteiger partial charge in [-0.2, -0.15) is 18.4 Å². The third-order valence-corrected chi connectivity index (χ3v) is 14.7. The summed E-state index contributed by atoms with van der Waals surface area (Å²) in [6, 6.07) is 15.2. The fourth-order valence-electron chi connectivity index (χ4n) is 9.68. The van der Waals surface area contributed by atoms with E-state index < -0.39 is 87.8 Å². The van der Waals surface area contributed by atoms with Gasteiger partial charge >= 0.3 is 6.18 Å². The number of carbonyl (C=O) groups excluding carboxylic acids is 3. The number of nitrogens with one attached hydrogen (secondary N) is 2. The molecule has 4 atom stereocenters. The number of ether oxygens (including phenoxy) is 1. The molecule has 2 saturated heterocycles. The zero-order valence-electron chi connectivity index (χ0n) is 42.5.